The van der Waals surface area contributed by atoms with Gasteiger partial charge in [0.15, 0.2) is 0 Å². The predicted octanol–water partition coefficient (Wildman–Crippen LogP) is 1.66. The molecule has 1 rings (SSSR count). The molecule has 3 N–H and O–H groups in total. The average Bonchev–Trinajstić information content (AvgIpc) is 2.38. The summed E-state index contributed by atoms with van der Waals surface area (Å²) in [5.41, 5.74) is 2.21. The fraction of sp³-hybridized carbons (Fsp3) is 0.429. The highest BCUT2D eigenvalue weighted by Crippen LogP contribution is 2.06. The van der Waals surface area contributed by atoms with Crippen molar-refractivity contribution in [2.24, 2.45) is 0 Å². The average molecular weight is 265 g/mol. The fourth-order valence-electron chi connectivity index (χ4n) is 1.71. The Labute approximate surface area is 112 Å². The van der Waals surface area contributed by atoms with Crippen LogP contribution in [0.3, 0.4) is 0 Å². The highest BCUT2D eigenvalue weighted by Gasteiger charge is 2.17. The number of hydrogen-bond donors (Lipinski definition) is 3. The Morgan fingerprint density at radius 3 is 2.21 bits per heavy atom. The van der Waals surface area contributed by atoms with Crippen LogP contribution in [-0.2, 0) is 22.6 Å². The van der Waals surface area contributed by atoms with Gasteiger partial charge in [0.25, 0.3) is 0 Å². The second-order valence-corrected chi connectivity index (χ2v) is 4.37. The zero-order valence-electron chi connectivity index (χ0n) is 10.9. The predicted molar refractivity (Wildman–Crippen MR) is 71.0 cm³/mol. The zero-order valence-corrected chi connectivity index (χ0v) is 10.9. The maximum Gasteiger partial charge on any atom is 0.320 e. The number of rotatable bonds is 8. The smallest absolute Gasteiger partial charge is 0.320 e. The Bertz CT molecular complexity index is 428. The normalized spacial score (nSPS) is 12.1. The van der Waals surface area contributed by atoms with Crippen molar-refractivity contribution in [3.05, 3.63) is 35.4 Å². The third kappa shape index (κ3) is 5.52. The molecule has 1 aromatic carbocycles. The van der Waals surface area contributed by atoms with E-state index in [2.05, 4.69) is 12.2 Å². The van der Waals surface area contributed by atoms with Gasteiger partial charge in [0.2, 0.25) is 0 Å². The number of carboxylic acids is 2. The van der Waals surface area contributed by atoms with Gasteiger partial charge in [-0.1, -0.05) is 31.2 Å². The Morgan fingerprint density at radius 2 is 1.74 bits per heavy atom. The number of carbonyl (C=O) groups is 2. The minimum absolute atomic E-state index is 0.0811. The summed E-state index contributed by atoms with van der Waals surface area (Å²) in [6, 6.07) is 7.07. The van der Waals surface area contributed by atoms with Crippen LogP contribution in [0.1, 0.15) is 30.9 Å². The van der Waals surface area contributed by atoms with Gasteiger partial charge in [-0.3, -0.25) is 9.59 Å². The second-order valence-electron chi connectivity index (χ2n) is 4.37. The summed E-state index contributed by atoms with van der Waals surface area (Å²) in [6.45, 7) is 2.49. The van der Waals surface area contributed by atoms with Crippen molar-refractivity contribution in [1.82, 2.24) is 5.32 Å². The molecule has 0 saturated carbocycles. The first kappa shape index (κ1) is 15.2. The summed E-state index contributed by atoms with van der Waals surface area (Å²) < 4.78 is 0. The van der Waals surface area contributed by atoms with Crippen molar-refractivity contribution in [2.75, 3.05) is 0 Å². The number of carboxylic acid groups (broad SMARTS) is 2. The lowest BCUT2D eigenvalue weighted by Crippen LogP contribution is -2.36. The first-order valence-corrected chi connectivity index (χ1v) is 6.28. The number of nitrogens with one attached hydrogen (secondary N) is 1. The monoisotopic (exact) mass is 265 g/mol. The molecule has 1 unspecified atom stereocenters. The van der Waals surface area contributed by atoms with Gasteiger partial charge in [-0.05, 0) is 24.0 Å². The van der Waals surface area contributed by atoms with E-state index < -0.39 is 18.0 Å². The minimum Gasteiger partial charge on any atom is -0.481 e. The molecule has 104 valence electrons. The second kappa shape index (κ2) is 7.53. The molecule has 1 aromatic rings. The van der Waals surface area contributed by atoms with Gasteiger partial charge in [-0.15, -0.1) is 0 Å². The zero-order chi connectivity index (χ0) is 14.3. The molecule has 0 aliphatic heterocycles. The summed E-state index contributed by atoms with van der Waals surface area (Å²) in [7, 11) is 0. The van der Waals surface area contributed by atoms with E-state index in [0.29, 0.717) is 6.54 Å². The van der Waals surface area contributed by atoms with Gasteiger partial charge < -0.3 is 15.5 Å². The van der Waals surface area contributed by atoms with Crippen LogP contribution in [0.15, 0.2) is 24.3 Å². The number of hydrogen-bond acceptors (Lipinski definition) is 3. The molecule has 0 aliphatic rings. The van der Waals surface area contributed by atoms with Gasteiger partial charge in [0, 0.05) is 13.0 Å². The molecular weight excluding hydrogens is 246 g/mol. The highest BCUT2D eigenvalue weighted by molar-refractivity contribution is 5.75. The summed E-state index contributed by atoms with van der Waals surface area (Å²) in [5.74, 6) is -2.01. The molecule has 1 atom stereocenters. The third-order valence-electron chi connectivity index (χ3n) is 2.93. The van der Waals surface area contributed by atoms with Crippen molar-refractivity contribution in [3.8, 4) is 0 Å². The largest absolute Gasteiger partial charge is 0.481 e. The lowest BCUT2D eigenvalue weighted by Gasteiger charge is -2.13. The van der Waals surface area contributed by atoms with Crippen molar-refractivity contribution in [3.63, 3.8) is 0 Å². The van der Waals surface area contributed by atoms with E-state index in [1.165, 1.54) is 5.56 Å². The molecule has 0 heterocycles. The summed E-state index contributed by atoms with van der Waals surface area (Å²) >= 11 is 0. The van der Waals surface area contributed by atoms with E-state index in [1.807, 2.05) is 24.3 Å². The first-order valence-electron chi connectivity index (χ1n) is 6.28. The molecule has 0 aliphatic carbocycles. The number of benzene rings is 1. The molecule has 0 radical (unpaired) electrons. The quantitative estimate of drug-likeness (QED) is 0.665. The van der Waals surface area contributed by atoms with E-state index in [1.54, 1.807) is 0 Å². The summed E-state index contributed by atoms with van der Waals surface area (Å²) in [5, 5.41) is 20.4. The van der Waals surface area contributed by atoms with Crippen molar-refractivity contribution in [1.29, 1.82) is 0 Å². The van der Waals surface area contributed by atoms with Crippen LogP contribution in [0.25, 0.3) is 0 Å². The Hall–Kier alpha value is -1.88. The van der Waals surface area contributed by atoms with E-state index in [0.717, 1.165) is 12.0 Å². The lowest BCUT2D eigenvalue weighted by atomic mass is 10.1. The molecule has 0 spiro atoms. The van der Waals surface area contributed by atoms with E-state index in [-0.39, 0.29) is 12.8 Å². The lowest BCUT2D eigenvalue weighted by molar-refractivity contribution is -0.140. The van der Waals surface area contributed by atoms with Crippen LogP contribution in [0.2, 0.25) is 0 Å². The van der Waals surface area contributed by atoms with Crippen molar-refractivity contribution >= 4 is 11.9 Å². The molecule has 0 saturated heterocycles. The Kier molecular flexibility index (Phi) is 6.02. The molecule has 0 aromatic heterocycles. The van der Waals surface area contributed by atoms with Crippen LogP contribution < -0.4 is 5.32 Å². The van der Waals surface area contributed by atoms with E-state index in [9.17, 15) is 9.59 Å². The maximum atomic E-state index is 11.0. The Morgan fingerprint density at radius 1 is 1.16 bits per heavy atom. The number of aliphatic carboxylic acids is 2. The number of aryl methyl sites for hydroxylation is 1. The Balaban J connectivity index is 2.50. The fourth-order valence-corrected chi connectivity index (χ4v) is 1.71. The van der Waals surface area contributed by atoms with Crippen molar-refractivity contribution in [2.45, 2.75) is 38.8 Å². The van der Waals surface area contributed by atoms with Crippen molar-refractivity contribution < 1.29 is 19.8 Å². The topological polar surface area (TPSA) is 86.6 Å². The van der Waals surface area contributed by atoms with E-state index >= 15 is 0 Å². The van der Waals surface area contributed by atoms with Crippen LogP contribution >= 0.6 is 0 Å². The van der Waals surface area contributed by atoms with Crippen LogP contribution in [-0.4, -0.2) is 28.2 Å². The standard InChI is InChI=1S/C14H19NO4/c1-2-10-3-5-11(6-4-10)9-15-12(14(18)19)7-8-13(16)17/h3-6,12,15H,2,7-9H2,1H3,(H,16,17)(H,18,19). The van der Waals surface area contributed by atoms with Crippen LogP contribution in [0.5, 0.6) is 0 Å². The molecule has 5 nitrogen and oxygen atoms in total. The third-order valence-corrected chi connectivity index (χ3v) is 2.93. The van der Waals surface area contributed by atoms with Gasteiger partial charge in [-0.2, -0.15) is 0 Å². The van der Waals surface area contributed by atoms with Crippen LogP contribution in [0, 0.1) is 0 Å². The van der Waals surface area contributed by atoms with Gasteiger partial charge >= 0.3 is 11.9 Å². The van der Waals surface area contributed by atoms with Gasteiger partial charge in [0.1, 0.15) is 6.04 Å². The molecular formula is C14H19NO4. The molecule has 0 amide bonds. The SMILES string of the molecule is CCc1ccc(CNC(CCC(=O)O)C(=O)O)cc1. The highest BCUT2D eigenvalue weighted by atomic mass is 16.4. The summed E-state index contributed by atoms with van der Waals surface area (Å²) in [6.07, 6.45) is 0.889. The van der Waals surface area contributed by atoms with Gasteiger partial charge in [-0.25, -0.2) is 0 Å². The minimum atomic E-state index is -1.02. The van der Waals surface area contributed by atoms with Crippen LogP contribution in [0.4, 0.5) is 0 Å². The van der Waals surface area contributed by atoms with E-state index in [4.69, 9.17) is 10.2 Å². The maximum absolute atomic E-state index is 11.0. The first-order chi connectivity index (χ1) is 9.02. The van der Waals surface area contributed by atoms with Gasteiger partial charge in [0.05, 0.1) is 0 Å². The molecule has 0 bridgehead atoms. The molecule has 5 heteroatoms. The molecule has 0 fully saturated rings. The summed E-state index contributed by atoms with van der Waals surface area (Å²) in [4.78, 5) is 21.4. The molecule has 19 heavy (non-hydrogen) atoms.